The Morgan fingerprint density at radius 2 is 2.10 bits per heavy atom. The van der Waals surface area contributed by atoms with Crippen LogP contribution in [0.2, 0.25) is 25.7 Å². The number of nitrogens with one attached hydrogen (secondary N) is 1. The largest absolute Gasteiger partial charge is 0.380 e. The van der Waals surface area contributed by atoms with E-state index in [0.29, 0.717) is 18.8 Å². The van der Waals surface area contributed by atoms with E-state index in [1.54, 1.807) is 4.90 Å². The van der Waals surface area contributed by atoms with Gasteiger partial charge in [0.15, 0.2) is 5.82 Å². The van der Waals surface area contributed by atoms with E-state index < -0.39 is 8.07 Å². The number of likely N-dealkylation sites (N-methyl/N-ethyl adjacent to an activating group) is 1. The molecule has 0 radical (unpaired) electrons. The molecule has 2 fully saturated rings. The highest BCUT2D eigenvalue weighted by molar-refractivity contribution is 6.76. The highest BCUT2D eigenvalue weighted by Gasteiger charge is 2.54. The molecular formula is C32H48N6O3Si. The fourth-order valence-corrected chi connectivity index (χ4v) is 7.53. The number of nitrogens with zero attached hydrogens (tertiary/aromatic N) is 5. The Bertz CT molecular complexity index is 1470. The quantitative estimate of drug-likeness (QED) is 0.270. The first kappa shape index (κ1) is 29.5. The number of benzene rings is 1. The lowest BCUT2D eigenvalue weighted by Crippen LogP contribution is -2.47. The van der Waals surface area contributed by atoms with Gasteiger partial charge in [-0.3, -0.25) is 9.69 Å². The van der Waals surface area contributed by atoms with Gasteiger partial charge in [0.25, 0.3) is 0 Å². The van der Waals surface area contributed by atoms with Crippen molar-refractivity contribution in [3.63, 3.8) is 0 Å². The number of amides is 1. The second-order valence-electron chi connectivity index (χ2n) is 14.4. The number of hydrogen-bond donors (Lipinski definition) is 1. The molecule has 6 rings (SSSR count). The first-order valence-electron chi connectivity index (χ1n) is 15.7. The van der Waals surface area contributed by atoms with E-state index in [1.165, 1.54) is 17.7 Å². The summed E-state index contributed by atoms with van der Waals surface area (Å²) < 4.78 is 13.9. The van der Waals surface area contributed by atoms with Crippen molar-refractivity contribution in [2.24, 2.45) is 11.3 Å². The number of hydrogen-bond acceptors (Lipinski definition) is 6. The molecular weight excluding hydrogens is 544 g/mol. The Morgan fingerprint density at radius 1 is 1.29 bits per heavy atom. The summed E-state index contributed by atoms with van der Waals surface area (Å²) in [6.45, 7) is 18.0. The van der Waals surface area contributed by atoms with Gasteiger partial charge in [0.1, 0.15) is 12.4 Å². The molecule has 3 aromatic rings. The number of aromatic nitrogens is 4. The smallest absolute Gasteiger partial charge is 0.243 e. The molecule has 0 bridgehead atoms. The Kier molecular flexibility index (Phi) is 7.87. The van der Waals surface area contributed by atoms with Gasteiger partial charge < -0.3 is 19.4 Å². The molecule has 0 spiro atoms. The summed E-state index contributed by atoms with van der Waals surface area (Å²) in [7, 11) is 0.726. The van der Waals surface area contributed by atoms with Crippen LogP contribution in [0, 0.1) is 18.3 Å². The molecule has 2 aromatic heterocycles. The number of fused-ring (bicyclic) bond motifs is 3. The lowest BCUT2D eigenvalue weighted by molar-refractivity contribution is -0.123. The number of carbonyl (C=O) groups is 1. The topological polar surface area (TPSA) is 88.5 Å². The summed E-state index contributed by atoms with van der Waals surface area (Å²) >= 11 is 0. The molecule has 1 aliphatic heterocycles. The monoisotopic (exact) mass is 592 g/mol. The van der Waals surface area contributed by atoms with Gasteiger partial charge in [-0.2, -0.15) is 5.10 Å². The Hall–Kier alpha value is -2.53. The molecule has 1 N–H and O–H groups in total. The van der Waals surface area contributed by atoms with E-state index in [9.17, 15) is 4.79 Å². The Labute approximate surface area is 251 Å². The third-order valence-corrected chi connectivity index (χ3v) is 11.5. The van der Waals surface area contributed by atoms with Gasteiger partial charge in [0.2, 0.25) is 5.91 Å². The maximum atomic E-state index is 13.5. The van der Waals surface area contributed by atoms with Crippen LogP contribution in [-0.2, 0) is 33.8 Å². The van der Waals surface area contributed by atoms with Gasteiger partial charge in [-0.15, -0.1) is 0 Å². The average Bonchev–Trinajstić information content (AvgIpc) is 3.41. The first-order valence-corrected chi connectivity index (χ1v) is 19.4. The molecule has 9 nitrogen and oxygen atoms in total. The number of rotatable bonds is 9. The van der Waals surface area contributed by atoms with Gasteiger partial charge in [-0.25, -0.2) is 9.67 Å². The van der Waals surface area contributed by atoms with Crippen LogP contribution in [0.25, 0.3) is 22.6 Å². The third-order valence-electron chi connectivity index (χ3n) is 9.81. The molecule has 228 valence electrons. The van der Waals surface area contributed by atoms with E-state index >= 15 is 0 Å². The molecule has 1 unspecified atom stereocenters. The Morgan fingerprint density at radius 3 is 2.88 bits per heavy atom. The molecule has 2 aliphatic carbocycles. The van der Waals surface area contributed by atoms with Gasteiger partial charge >= 0.3 is 0 Å². The van der Waals surface area contributed by atoms with Crippen LogP contribution in [0.5, 0.6) is 0 Å². The van der Waals surface area contributed by atoms with E-state index in [4.69, 9.17) is 19.6 Å². The number of anilines is 1. The highest BCUT2D eigenvalue weighted by Crippen LogP contribution is 2.60. The van der Waals surface area contributed by atoms with Crippen molar-refractivity contribution in [1.82, 2.24) is 24.6 Å². The zero-order valence-corrected chi connectivity index (χ0v) is 27.5. The SMILES string of the molecule is Cc1cc2[nH]c(-c3nn(COCC[Si](C)(C)C)c4c3C[C@@H]3C[C@]3(C)C4)nc2cc1N(C)C(=O)C(C)N1CCCOCC1. The summed E-state index contributed by atoms with van der Waals surface area (Å²) in [6, 6.07) is 5.09. The predicted octanol–water partition coefficient (Wildman–Crippen LogP) is 5.25. The van der Waals surface area contributed by atoms with E-state index in [-0.39, 0.29) is 11.9 Å². The summed E-state index contributed by atoms with van der Waals surface area (Å²) in [5.74, 6) is 1.61. The molecule has 1 aromatic carbocycles. The number of H-pyrrole nitrogens is 1. The highest BCUT2D eigenvalue weighted by atomic mass is 28.3. The van der Waals surface area contributed by atoms with Crippen molar-refractivity contribution in [3.8, 4) is 11.5 Å². The van der Waals surface area contributed by atoms with Crippen molar-refractivity contribution >= 4 is 30.7 Å². The van der Waals surface area contributed by atoms with Crippen LogP contribution < -0.4 is 4.90 Å². The van der Waals surface area contributed by atoms with Crippen molar-refractivity contribution in [2.45, 2.75) is 84.9 Å². The third kappa shape index (κ3) is 5.83. The van der Waals surface area contributed by atoms with Gasteiger partial charge in [-0.05, 0) is 74.6 Å². The summed E-state index contributed by atoms with van der Waals surface area (Å²) in [5.41, 5.74) is 7.72. The van der Waals surface area contributed by atoms with Crippen LogP contribution >= 0.6 is 0 Å². The molecule has 1 amide bonds. The fraction of sp³-hybridized carbons (Fsp3) is 0.656. The zero-order valence-electron chi connectivity index (χ0n) is 26.5. The number of aryl methyl sites for hydroxylation is 1. The number of imidazole rings is 1. The second-order valence-corrected chi connectivity index (χ2v) is 20.0. The number of aromatic amines is 1. The minimum atomic E-state index is -1.15. The molecule has 42 heavy (non-hydrogen) atoms. The maximum Gasteiger partial charge on any atom is 0.243 e. The molecule has 3 atom stereocenters. The lowest BCUT2D eigenvalue weighted by Gasteiger charge is -2.30. The Balaban J connectivity index is 1.26. The minimum Gasteiger partial charge on any atom is -0.380 e. The standard InChI is InChI=1S/C32H48N6O3Si/c1-21-15-25-26(17-27(21)36(4)31(39)22(2)37-9-8-11-40-12-10-37)34-30(33-25)29-24-16-23-18-32(23,3)19-28(24)38(35-29)20-41-13-14-42(5,6)7/h15,17,22-23H,8-14,16,18-20H2,1-7H3,(H,33,34)/t22?,23-,32-/m1/s1. The lowest BCUT2D eigenvalue weighted by atomic mass is 9.87. The summed E-state index contributed by atoms with van der Waals surface area (Å²) in [5, 5.41) is 5.10. The normalized spacial score (nSPS) is 23.4. The van der Waals surface area contributed by atoms with Crippen LogP contribution in [0.15, 0.2) is 12.1 Å². The van der Waals surface area contributed by atoms with Crippen LogP contribution in [0.4, 0.5) is 5.69 Å². The van der Waals surface area contributed by atoms with Crippen LogP contribution in [0.3, 0.4) is 0 Å². The molecule has 3 aliphatic rings. The average molecular weight is 593 g/mol. The van der Waals surface area contributed by atoms with Gasteiger partial charge in [0.05, 0.1) is 23.7 Å². The minimum absolute atomic E-state index is 0.0875. The molecule has 10 heteroatoms. The van der Waals surface area contributed by atoms with E-state index in [1.807, 2.05) is 20.0 Å². The predicted molar refractivity (Wildman–Crippen MR) is 170 cm³/mol. The fourth-order valence-electron chi connectivity index (χ4n) is 6.78. The van der Waals surface area contributed by atoms with Crippen LogP contribution in [0.1, 0.15) is 43.5 Å². The van der Waals surface area contributed by atoms with E-state index in [0.717, 1.165) is 91.3 Å². The van der Waals surface area contributed by atoms with Crippen molar-refractivity contribution in [1.29, 1.82) is 0 Å². The molecule has 1 saturated carbocycles. The molecule has 1 saturated heterocycles. The maximum absolute atomic E-state index is 13.5. The van der Waals surface area contributed by atoms with E-state index in [2.05, 4.69) is 54.1 Å². The summed E-state index contributed by atoms with van der Waals surface area (Å²) in [4.78, 5) is 26.2. The van der Waals surface area contributed by atoms with Gasteiger partial charge in [0, 0.05) is 58.4 Å². The summed E-state index contributed by atoms with van der Waals surface area (Å²) in [6.07, 6.45) is 4.33. The number of carbonyl (C=O) groups excluding carboxylic acids is 1. The molecule has 3 heterocycles. The number of ether oxygens (including phenoxy) is 2. The van der Waals surface area contributed by atoms with Gasteiger partial charge in [-0.1, -0.05) is 26.6 Å². The first-order chi connectivity index (χ1) is 19.9. The van der Waals surface area contributed by atoms with Crippen molar-refractivity contribution in [2.75, 3.05) is 44.9 Å². The second kappa shape index (κ2) is 11.2. The zero-order chi connectivity index (χ0) is 29.8. The van der Waals surface area contributed by atoms with Crippen molar-refractivity contribution < 1.29 is 14.3 Å². The van der Waals surface area contributed by atoms with Crippen molar-refractivity contribution in [3.05, 3.63) is 29.0 Å². The van der Waals surface area contributed by atoms with Crippen LogP contribution in [-0.4, -0.2) is 84.6 Å².